The molecule has 0 radical (unpaired) electrons. The van der Waals surface area contributed by atoms with E-state index in [0.717, 1.165) is 33.6 Å². The molecule has 11 rings (SSSR count). The lowest BCUT2D eigenvalue weighted by atomic mass is 9.96. The number of nitrogens with zero attached hydrogens (tertiary/aromatic N) is 1. The summed E-state index contributed by atoms with van der Waals surface area (Å²) in [5.74, 6) is 0. The predicted molar refractivity (Wildman–Crippen MR) is 253 cm³/mol. The van der Waals surface area contributed by atoms with Crippen molar-refractivity contribution in [2.24, 2.45) is 0 Å². The number of hydrogen-bond donors (Lipinski definition) is 0. The maximum Gasteiger partial charge on any atom is 0.136 e. The summed E-state index contributed by atoms with van der Waals surface area (Å²) in [6, 6.07) is 84.8. The lowest BCUT2D eigenvalue weighted by molar-refractivity contribution is 0.669. The highest BCUT2D eigenvalue weighted by molar-refractivity contribution is 6.19. The Labute approximate surface area is 349 Å². The second kappa shape index (κ2) is 15.1. The summed E-state index contributed by atoms with van der Waals surface area (Å²) in [7, 11) is 0. The van der Waals surface area contributed by atoms with Crippen molar-refractivity contribution in [1.82, 2.24) is 0 Å². The molecular formula is C58H39NO. The maximum atomic E-state index is 6.15. The van der Waals surface area contributed by atoms with E-state index >= 15 is 0 Å². The molecule has 0 unspecified atom stereocenters. The Kier molecular flexibility index (Phi) is 8.87. The van der Waals surface area contributed by atoms with Crippen LogP contribution in [0.4, 0.5) is 17.1 Å². The zero-order valence-corrected chi connectivity index (χ0v) is 32.9. The molecule has 0 aliphatic heterocycles. The molecule has 2 nitrogen and oxygen atoms in total. The summed E-state index contributed by atoms with van der Waals surface area (Å²) in [5.41, 5.74) is 17.1. The van der Waals surface area contributed by atoms with E-state index in [-0.39, 0.29) is 0 Å². The zero-order valence-electron chi connectivity index (χ0n) is 32.9. The van der Waals surface area contributed by atoms with E-state index in [0.29, 0.717) is 0 Å². The van der Waals surface area contributed by atoms with E-state index in [1.165, 1.54) is 71.8 Å². The van der Waals surface area contributed by atoms with Crippen LogP contribution in [-0.2, 0) is 0 Å². The van der Waals surface area contributed by atoms with Gasteiger partial charge in [-0.3, -0.25) is 0 Å². The van der Waals surface area contributed by atoms with Crippen LogP contribution in [0, 0.1) is 0 Å². The minimum Gasteiger partial charge on any atom is -0.456 e. The molecule has 0 atom stereocenters. The van der Waals surface area contributed by atoms with Gasteiger partial charge in [0.25, 0.3) is 0 Å². The fraction of sp³-hybridized carbons (Fsp3) is 0. The van der Waals surface area contributed by atoms with Crippen LogP contribution in [0.2, 0.25) is 0 Å². The van der Waals surface area contributed by atoms with Crippen LogP contribution >= 0.6 is 0 Å². The average Bonchev–Trinajstić information content (AvgIpc) is 3.72. The van der Waals surface area contributed by atoms with Gasteiger partial charge in [-0.1, -0.05) is 188 Å². The Morgan fingerprint density at radius 3 is 1.33 bits per heavy atom. The van der Waals surface area contributed by atoms with E-state index < -0.39 is 0 Å². The first-order valence-corrected chi connectivity index (χ1v) is 20.5. The van der Waals surface area contributed by atoms with E-state index in [1.54, 1.807) is 0 Å². The van der Waals surface area contributed by atoms with Crippen molar-refractivity contribution in [3.8, 4) is 55.6 Å². The van der Waals surface area contributed by atoms with Crippen LogP contribution < -0.4 is 4.90 Å². The fourth-order valence-corrected chi connectivity index (χ4v) is 8.64. The lowest BCUT2D eigenvalue weighted by Gasteiger charge is -2.28. The standard InChI is InChI=1S/C58H39NO/c1-3-11-40(12-4-1)41-19-21-42(22-20-41)44-27-33-50(34-28-44)59(55-17-9-7-15-52(55)47-13-5-2-6-14-47)51-35-29-45(30-36-51)43-23-25-46(26-24-43)48-31-37-53-49(39-48)32-38-57-58(53)54-16-8-10-18-56(54)60-57/h1-39H. The van der Waals surface area contributed by atoms with Crippen molar-refractivity contribution in [2.75, 3.05) is 4.90 Å². The second-order valence-electron chi connectivity index (χ2n) is 15.3. The number of furan rings is 1. The Balaban J connectivity index is 0.906. The van der Waals surface area contributed by atoms with Crippen molar-refractivity contribution in [3.05, 3.63) is 237 Å². The first-order chi connectivity index (χ1) is 29.7. The molecule has 0 saturated heterocycles. The largest absolute Gasteiger partial charge is 0.456 e. The normalized spacial score (nSPS) is 11.3. The van der Waals surface area contributed by atoms with Crippen molar-refractivity contribution < 1.29 is 4.42 Å². The Morgan fingerprint density at radius 2 is 0.733 bits per heavy atom. The first-order valence-electron chi connectivity index (χ1n) is 20.5. The molecule has 1 aromatic heterocycles. The number of rotatable bonds is 8. The van der Waals surface area contributed by atoms with Gasteiger partial charge in [0.15, 0.2) is 0 Å². The molecule has 11 aromatic rings. The number of benzene rings is 10. The molecule has 0 aliphatic carbocycles. The van der Waals surface area contributed by atoms with Crippen molar-refractivity contribution in [3.63, 3.8) is 0 Å². The summed E-state index contributed by atoms with van der Waals surface area (Å²) < 4.78 is 6.15. The molecule has 282 valence electrons. The Hall–Kier alpha value is -7.94. The molecule has 0 saturated carbocycles. The van der Waals surface area contributed by atoms with E-state index in [2.05, 4.69) is 229 Å². The molecule has 2 heteroatoms. The van der Waals surface area contributed by atoms with Crippen LogP contribution in [-0.4, -0.2) is 0 Å². The van der Waals surface area contributed by atoms with Gasteiger partial charge in [-0.15, -0.1) is 0 Å². The number of hydrogen-bond acceptors (Lipinski definition) is 2. The Morgan fingerprint density at radius 1 is 0.283 bits per heavy atom. The number of para-hydroxylation sites is 2. The van der Waals surface area contributed by atoms with Gasteiger partial charge in [0.05, 0.1) is 5.69 Å². The predicted octanol–water partition coefficient (Wildman–Crippen LogP) is 16.5. The molecule has 0 aliphatic rings. The monoisotopic (exact) mass is 765 g/mol. The van der Waals surface area contributed by atoms with Crippen molar-refractivity contribution in [1.29, 1.82) is 0 Å². The SMILES string of the molecule is c1ccc(-c2ccc(-c3ccc(N(c4ccc(-c5ccc(-c6ccc7c(ccc8oc9ccccc9c87)c6)cc5)cc4)c4ccccc4-c4ccccc4)cc3)cc2)cc1. The van der Waals surface area contributed by atoms with Crippen molar-refractivity contribution >= 4 is 49.8 Å². The van der Waals surface area contributed by atoms with Crippen molar-refractivity contribution in [2.45, 2.75) is 0 Å². The van der Waals surface area contributed by atoms with Crippen LogP contribution in [0.15, 0.2) is 241 Å². The summed E-state index contributed by atoms with van der Waals surface area (Å²) in [6.07, 6.45) is 0. The molecule has 0 bridgehead atoms. The average molecular weight is 766 g/mol. The first kappa shape index (κ1) is 35.2. The molecule has 0 spiro atoms. The van der Waals surface area contributed by atoms with Gasteiger partial charge in [-0.05, 0) is 109 Å². The van der Waals surface area contributed by atoms with E-state index in [9.17, 15) is 0 Å². The summed E-state index contributed by atoms with van der Waals surface area (Å²) in [6.45, 7) is 0. The number of fused-ring (bicyclic) bond motifs is 5. The zero-order chi connectivity index (χ0) is 39.8. The van der Waals surface area contributed by atoms with Gasteiger partial charge in [0.1, 0.15) is 11.2 Å². The highest BCUT2D eigenvalue weighted by atomic mass is 16.3. The minimum absolute atomic E-state index is 0.924. The summed E-state index contributed by atoms with van der Waals surface area (Å²) in [5, 5.41) is 4.75. The summed E-state index contributed by atoms with van der Waals surface area (Å²) in [4.78, 5) is 2.37. The van der Waals surface area contributed by atoms with Crippen LogP contribution in [0.25, 0.3) is 88.3 Å². The molecule has 0 N–H and O–H groups in total. The third kappa shape index (κ3) is 6.51. The van der Waals surface area contributed by atoms with Crippen LogP contribution in [0.3, 0.4) is 0 Å². The van der Waals surface area contributed by atoms with Gasteiger partial charge in [-0.25, -0.2) is 0 Å². The minimum atomic E-state index is 0.924. The van der Waals surface area contributed by atoms with Gasteiger partial charge in [0, 0.05) is 27.7 Å². The summed E-state index contributed by atoms with van der Waals surface area (Å²) >= 11 is 0. The van der Waals surface area contributed by atoms with E-state index in [1.807, 2.05) is 12.1 Å². The van der Waals surface area contributed by atoms with Gasteiger partial charge in [0.2, 0.25) is 0 Å². The molecule has 1 heterocycles. The third-order valence-electron chi connectivity index (χ3n) is 11.7. The Bertz CT molecular complexity index is 3260. The fourth-order valence-electron chi connectivity index (χ4n) is 8.64. The highest BCUT2D eigenvalue weighted by Crippen LogP contribution is 2.42. The van der Waals surface area contributed by atoms with Gasteiger partial charge < -0.3 is 9.32 Å². The maximum absolute atomic E-state index is 6.15. The molecule has 0 fully saturated rings. The molecule has 10 aromatic carbocycles. The van der Waals surface area contributed by atoms with E-state index in [4.69, 9.17) is 4.42 Å². The van der Waals surface area contributed by atoms with Crippen LogP contribution in [0.1, 0.15) is 0 Å². The quantitative estimate of drug-likeness (QED) is 0.153. The molecule has 60 heavy (non-hydrogen) atoms. The second-order valence-corrected chi connectivity index (χ2v) is 15.3. The third-order valence-corrected chi connectivity index (χ3v) is 11.7. The number of anilines is 3. The van der Waals surface area contributed by atoms with Gasteiger partial charge >= 0.3 is 0 Å². The smallest absolute Gasteiger partial charge is 0.136 e. The molecular weight excluding hydrogens is 727 g/mol. The van der Waals surface area contributed by atoms with Crippen LogP contribution in [0.5, 0.6) is 0 Å². The topological polar surface area (TPSA) is 16.4 Å². The lowest BCUT2D eigenvalue weighted by Crippen LogP contribution is -2.11. The van der Waals surface area contributed by atoms with Gasteiger partial charge in [-0.2, -0.15) is 0 Å². The highest BCUT2D eigenvalue weighted by Gasteiger charge is 2.18. The molecule has 0 amide bonds.